The van der Waals surface area contributed by atoms with Crippen molar-refractivity contribution in [2.45, 2.75) is 16.1 Å². The van der Waals surface area contributed by atoms with E-state index in [1.54, 1.807) is 0 Å². The van der Waals surface area contributed by atoms with Gasteiger partial charge in [-0.25, -0.2) is 8.78 Å². The van der Waals surface area contributed by atoms with E-state index in [2.05, 4.69) is 31.9 Å². The number of benzene rings is 1. The molecule has 0 saturated heterocycles. The third-order valence-electron chi connectivity index (χ3n) is 2.39. The van der Waals surface area contributed by atoms with Crippen molar-refractivity contribution in [3.63, 3.8) is 0 Å². The van der Waals surface area contributed by atoms with Crippen LogP contribution in [0, 0.1) is 11.6 Å². The van der Waals surface area contributed by atoms with Crippen LogP contribution in [0.1, 0.15) is 27.2 Å². The van der Waals surface area contributed by atoms with Gasteiger partial charge in [-0.1, -0.05) is 31.9 Å². The summed E-state index contributed by atoms with van der Waals surface area (Å²) in [5, 5.41) is 0. The number of hydrogen-bond donors (Lipinski definition) is 0. The lowest BCUT2D eigenvalue weighted by atomic mass is 9.90. The Bertz CT molecular complexity index is 434. The number of carbonyl (C=O) groups excluding carboxylic acids is 1. The van der Waals surface area contributed by atoms with Crippen LogP contribution < -0.4 is 0 Å². The molecule has 0 radical (unpaired) electrons. The second kappa shape index (κ2) is 3.94. The Morgan fingerprint density at radius 3 is 2.47 bits per heavy atom. The second-order valence-corrected chi connectivity index (χ2v) is 5.56. The van der Waals surface area contributed by atoms with Gasteiger partial charge in [-0.05, 0) is 17.7 Å². The predicted molar refractivity (Wildman–Crippen MR) is 59.7 cm³/mol. The molecule has 80 valence electrons. The Morgan fingerprint density at radius 1 is 1.20 bits per heavy atom. The van der Waals surface area contributed by atoms with Crippen molar-refractivity contribution in [1.82, 2.24) is 0 Å². The summed E-state index contributed by atoms with van der Waals surface area (Å²) in [5.41, 5.74) is 0.776. The number of ketones is 1. The highest BCUT2D eigenvalue weighted by atomic mass is 79.9. The summed E-state index contributed by atoms with van der Waals surface area (Å²) in [6.07, 6.45) is 0.286. The van der Waals surface area contributed by atoms with E-state index in [4.69, 9.17) is 0 Å². The maximum Gasteiger partial charge on any atom is 0.164 e. The number of fused-ring (bicyclic) bond motifs is 1. The van der Waals surface area contributed by atoms with Crippen LogP contribution >= 0.6 is 31.9 Å². The van der Waals surface area contributed by atoms with E-state index < -0.39 is 11.6 Å². The molecule has 0 aromatic heterocycles. The first-order valence-corrected chi connectivity index (χ1v) is 6.14. The lowest BCUT2D eigenvalue weighted by Gasteiger charge is -2.24. The zero-order chi connectivity index (χ0) is 11.2. The van der Waals surface area contributed by atoms with Crippen LogP contribution in [0.25, 0.3) is 0 Å². The highest BCUT2D eigenvalue weighted by molar-refractivity contribution is 9.12. The molecule has 0 fully saturated rings. The molecule has 0 spiro atoms. The van der Waals surface area contributed by atoms with Crippen molar-refractivity contribution < 1.29 is 13.6 Å². The van der Waals surface area contributed by atoms with Crippen molar-refractivity contribution in [2.75, 3.05) is 0 Å². The van der Waals surface area contributed by atoms with E-state index in [0.29, 0.717) is 5.56 Å². The molecule has 0 amide bonds. The van der Waals surface area contributed by atoms with Crippen LogP contribution in [0.15, 0.2) is 12.1 Å². The van der Waals surface area contributed by atoms with E-state index in [-0.39, 0.29) is 27.4 Å². The lowest BCUT2D eigenvalue weighted by Crippen LogP contribution is -2.22. The van der Waals surface area contributed by atoms with Crippen molar-refractivity contribution in [3.05, 3.63) is 34.9 Å². The van der Waals surface area contributed by atoms with E-state index in [1.807, 2.05) is 0 Å². The number of carbonyl (C=O) groups is 1. The standard InChI is InChI=1S/C10H6Br2F2O/c11-6-3-9(15)4-1-7(13)8(14)2-5(4)10(6)12/h1-2,6,10H,3H2. The molecular weight excluding hydrogens is 334 g/mol. The topological polar surface area (TPSA) is 17.1 Å². The van der Waals surface area contributed by atoms with Crippen LogP contribution in [0.2, 0.25) is 0 Å². The first-order valence-electron chi connectivity index (χ1n) is 4.31. The van der Waals surface area contributed by atoms with E-state index in [0.717, 1.165) is 12.1 Å². The molecule has 0 saturated carbocycles. The lowest BCUT2D eigenvalue weighted by molar-refractivity contribution is 0.0974. The summed E-state index contributed by atoms with van der Waals surface area (Å²) in [6.45, 7) is 0. The molecule has 2 unspecified atom stereocenters. The van der Waals surface area contributed by atoms with Crippen molar-refractivity contribution in [1.29, 1.82) is 0 Å². The fourth-order valence-electron chi connectivity index (χ4n) is 1.62. The van der Waals surface area contributed by atoms with E-state index >= 15 is 0 Å². The normalized spacial score (nSPS) is 25.2. The van der Waals surface area contributed by atoms with Crippen molar-refractivity contribution in [2.24, 2.45) is 0 Å². The zero-order valence-corrected chi connectivity index (χ0v) is 10.6. The highest BCUT2D eigenvalue weighted by Crippen LogP contribution is 2.40. The molecule has 5 heteroatoms. The monoisotopic (exact) mass is 338 g/mol. The average Bonchev–Trinajstić information content (AvgIpc) is 2.18. The van der Waals surface area contributed by atoms with Gasteiger partial charge in [-0.2, -0.15) is 0 Å². The van der Waals surface area contributed by atoms with Crippen molar-refractivity contribution >= 4 is 37.6 Å². The van der Waals surface area contributed by atoms with Crippen LogP contribution in [-0.4, -0.2) is 10.6 Å². The average molecular weight is 340 g/mol. The first-order chi connectivity index (χ1) is 7.00. The molecule has 1 aliphatic carbocycles. The minimum Gasteiger partial charge on any atom is -0.294 e. The van der Waals surface area contributed by atoms with Crippen LogP contribution in [0.4, 0.5) is 8.78 Å². The fraction of sp³-hybridized carbons (Fsp3) is 0.300. The molecule has 0 heterocycles. The van der Waals surface area contributed by atoms with Gasteiger partial charge in [0.1, 0.15) is 0 Å². The number of rotatable bonds is 0. The van der Waals surface area contributed by atoms with Crippen LogP contribution in [-0.2, 0) is 0 Å². The fourth-order valence-corrected chi connectivity index (χ4v) is 2.76. The van der Waals surface area contributed by atoms with Crippen LogP contribution in [0.5, 0.6) is 0 Å². The molecule has 15 heavy (non-hydrogen) atoms. The minimum atomic E-state index is -0.977. The predicted octanol–water partition coefficient (Wildman–Crippen LogP) is 3.75. The summed E-state index contributed by atoms with van der Waals surface area (Å²) < 4.78 is 26.0. The Morgan fingerprint density at radius 2 is 1.80 bits per heavy atom. The summed E-state index contributed by atoms with van der Waals surface area (Å²) in [7, 11) is 0. The Hall–Kier alpha value is -0.290. The van der Waals surface area contributed by atoms with Crippen LogP contribution in [0.3, 0.4) is 0 Å². The van der Waals surface area contributed by atoms with Gasteiger partial charge in [0, 0.05) is 16.8 Å². The van der Waals surface area contributed by atoms with Gasteiger partial charge < -0.3 is 0 Å². The molecule has 0 aliphatic heterocycles. The maximum absolute atomic E-state index is 13.0. The van der Waals surface area contributed by atoms with Gasteiger partial charge in [0.2, 0.25) is 0 Å². The smallest absolute Gasteiger partial charge is 0.164 e. The molecule has 2 rings (SSSR count). The Kier molecular flexibility index (Phi) is 2.94. The number of halogens is 4. The summed E-state index contributed by atoms with van der Waals surface area (Å²) in [6, 6.07) is 2.05. The summed E-state index contributed by atoms with van der Waals surface area (Å²) >= 11 is 6.67. The van der Waals surface area contributed by atoms with Gasteiger partial charge in [0.15, 0.2) is 17.4 Å². The molecule has 0 bridgehead atoms. The molecule has 1 nitrogen and oxygen atoms in total. The second-order valence-electron chi connectivity index (χ2n) is 3.40. The van der Waals surface area contributed by atoms with Gasteiger partial charge in [0.25, 0.3) is 0 Å². The van der Waals surface area contributed by atoms with Gasteiger partial charge >= 0.3 is 0 Å². The van der Waals surface area contributed by atoms with Crippen molar-refractivity contribution in [3.8, 4) is 0 Å². The third-order valence-corrected chi connectivity index (χ3v) is 5.08. The summed E-state index contributed by atoms with van der Waals surface area (Å²) in [4.78, 5) is 11.3. The molecule has 1 aromatic carbocycles. The first kappa shape index (κ1) is 11.2. The van der Waals surface area contributed by atoms with Gasteiger partial charge in [0.05, 0.1) is 4.83 Å². The minimum absolute atomic E-state index is 0.0811. The highest BCUT2D eigenvalue weighted by Gasteiger charge is 2.32. The Labute approximate surface area is 102 Å². The van der Waals surface area contributed by atoms with Gasteiger partial charge in [-0.15, -0.1) is 0 Å². The largest absolute Gasteiger partial charge is 0.294 e. The molecular formula is C10H6Br2F2O. The van der Waals surface area contributed by atoms with E-state index in [1.165, 1.54) is 0 Å². The maximum atomic E-state index is 13.0. The Balaban J connectivity index is 2.61. The quantitative estimate of drug-likeness (QED) is 0.658. The SMILES string of the molecule is O=C1CC(Br)C(Br)c2cc(F)c(F)cc21. The third kappa shape index (κ3) is 1.87. The number of Topliss-reactive ketones (excluding diaryl/α,β-unsaturated/α-hetero) is 1. The molecule has 0 N–H and O–H groups in total. The zero-order valence-electron chi connectivity index (χ0n) is 7.44. The molecule has 2 atom stereocenters. The molecule has 1 aromatic rings. The number of hydrogen-bond acceptors (Lipinski definition) is 1. The van der Waals surface area contributed by atoms with E-state index in [9.17, 15) is 13.6 Å². The number of alkyl halides is 2. The summed E-state index contributed by atoms with van der Waals surface area (Å²) in [5.74, 6) is -2.07. The molecule has 1 aliphatic rings. The van der Waals surface area contributed by atoms with Gasteiger partial charge in [-0.3, -0.25) is 4.79 Å².